The molecule has 0 aliphatic heterocycles. The van der Waals surface area contributed by atoms with Crippen molar-refractivity contribution in [2.45, 2.75) is 19.0 Å². The number of aliphatic hydroxyl groups excluding tert-OH is 1. The molecule has 0 aliphatic carbocycles. The summed E-state index contributed by atoms with van der Waals surface area (Å²) in [6.45, 7) is 0. The number of fused-ring (bicyclic) bond motifs is 1. The zero-order chi connectivity index (χ0) is 11.7. The fourth-order valence-electron chi connectivity index (χ4n) is 1.65. The maximum atomic E-state index is 12.2. The number of hydrogen-bond donors (Lipinski definition) is 1. The van der Waals surface area contributed by atoms with Crippen molar-refractivity contribution in [1.29, 1.82) is 0 Å². The number of hydrogen-bond acceptors (Lipinski definition) is 2. The summed E-state index contributed by atoms with van der Waals surface area (Å²) in [5.41, 5.74) is 1.63. The van der Waals surface area contributed by atoms with Crippen molar-refractivity contribution in [3.8, 4) is 0 Å². The Morgan fingerprint density at radius 1 is 1.38 bits per heavy atom. The van der Waals surface area contributed by atoms with Gasteiger partial charge >= 0.3 is 0 Å². The molecule has 1 aromatic heterocycles. The standard InChI is InChI=1S/C11H12F2N2O/c1-15-8-5-3-2-4-7(8)14-10(15)6-9(16)11(12)13/h2-5,9,11,16H,6H2,1H3. The monoisotopic (exact) mass is 226 g/mol. The van der Waals surface area contributed by atoms with E-state index in [1.807, 2.05) is 24.3 Å². The summed E-state index contributed by atoms with van der Waals surface area (Å²) in [6, 6.07) is 7.37. The van der Waals surface area contributed by atoms with E-state index in [2.05, 4.69) is 4.98 Å². The van der Waals surface area contributed by atoms with Crippen molar-refractivity contribution in [3.63, 3.8) is 0 Å². The van der Waals surface area contributed by atoms with Crippen molar-refractivity contribution < 1.29 is 13.9 Å². The van der Waals surface area contributed by atoms with Gasteiger partial charge in [0.2, 0.25) is 0 Å². The quantitative estimate of drug-likeness (QED) is 0.865. The first-order valence-corrected chi connectivity index (χ1v) is 4.96. The lowest BCUT2D eigenvalue weighted by atomic mass is 10.2. The first kappa shape index (κ1) is 11.0. The van der Waals surface area contributed by atoms with Gasteiger partial charge in [-0.05, 0) is 12.1 Å². The molecule has 5 heteroatoms. The zero-order valence-corrected chi connectivity index (χ0v) is 8.77. The molecule has 3 nitrogen and oxygen atoms in total. The third-order valence-corrected chi connectivity index (χ3v) is 2.56. The van der Waals surface area contributed by atoms with Crippen molar-refractivity contribution in [1.82, 2.24) is 9.55 Å². The Morgan fingerprint density at radius 3 is 2.69 bits per heavy atom. The molecule has 0 amide bonds. The number of para-hydroxylation sites is 2. The van der Waals surface area contributed by atoms with Crippen LogP contribution in [-0.4, -0.2) is 27.2 Å². The van der Waals surface area contributed by atoms with Gasteiger partial charge in [-0.25, -0.2) is 13.8 Å². The van der Waals surface area contributed by atoms with E-state index in [4.69, 9.17) is 5.11 Å². The lowest BCUT2D eigenvalue weighted by molar-refractivity contribution is -0.00496. The van der Waals surface area contributed by atoms with Crippen LogP contribution in [0.25, 0.3) is 11.0 Å². The van der Waals surface area contributed by atoms with Crippen LogP contribution in [0.15, 0.2) is 24.3 Å². The average molecular weight is 226 g/mol. The largest absolute Gasteiger partial charge is 0.387 e. The van der Waals surface area contributed by atoms with E-state index >= 15 is 0 Å². The van der Waals surface area contributed by atoms with Crippen LogP contribution in [0.1, 0.15) is 5.82 Å². The Labute approximate surface area is 91.3 Å². The van der Waals surface area contributed by atoms with E-state index in [0.717, 1.165) is 11.0 Å². The second-order valence-electron chi connectivity index (χ2n) is 3.68. The van der Waals surface area contributed by atoms with Crippen molar-refractivity contribution in [3.05, 3.63) is 30.1 Å². The number of aryl methyl sites for hydroxylation is 1. The van der Waals surface area contributed by atoms with Crippen LogP contribution in [0.3, 0.4) is 0 Å². The lowest BCUT2D eigenvalue weighted by Gasteiger charge is -2.08. The van der Waals surface area contributed by atoms with Crippen LogP contribution in [-0.2, 0) is 13.5 Å². The molecule has 0 saturated heterocycles. The van der Waals surface area contributed by atoms with Crippen LogP contribution < -0.4 is 0 Å². The van der Waals surface area contributed by atoms with Gasteiger partial charge in [-0.2, -0.15) is 0 Å². The molecule has 0 fully saturated rings. The van der Waals surface area contributed by atoms with E-state index in [0.29, 0.717) is 5.82 Å². The molecule has 0 radical (unpaired) electrons. The van der Waals surface area contributed by atoms with Crippen molar-refractivity contribution in [2.75, 3.05) is 0 Å². The molecule has 0 saturated carbocycles. The maximum absolute atomic E-state index is 12.2. The zero-order valence-electron chi connectivity index (χ0n) is 8.77. The van der Waals surface area contributed by atoms with E-state index in [1.54, 1.807) is 11.6 Å². The van der Waals surface area contributed by atoms with Gasteiger partial charge < -0.3 is 9.67 Å². The molecule has 2 aromatic rings. The molecule has 0 spiro atoms. The van der Waals surface area contributed by atoms with E-state index in [9.17, 15) is 8.78 Å². The fourth-order valence-corrected chi connectivity index (χ4v) is 1.65. The normalized spacial score (nSPS) is 13.6. The van der Waals surface area contributed by atoms with Gasteiger partial charge in [-0.3, -0.25) is 0 Å². The fraction of sp³-hybridized carbons (Fsp3) is 0.364. The predicted molar refractivity (Wildman–Crippen MR) is 56.4 cm³/mol. The third-order valence-electron chi connectivity index (χ3n) is 2.56. The minimum Gasteiger partial charge on any atom is -0.387 e. The van der Waals surface area contributed by atoms with Gasteiger partial charge in [0.15, 0.2) is 0 Å². The predicted octanol–water partition coefficient (Wildman–Crippen LogP) is 1.74. The summed E-state index contributed by atoms with van der Waals surface area (Å²) >= 11 is 0. The van der Waals surface area contributed by atoms with Gasteiger partial charge in [0.25, 0.3) is 6.43 Å². The minimum atomic E-state index is -2.74. The highest BCUT2D eigenvalue weighted by Gasteiger charge is 2.20. The first-order chi connectivity index (χ1) is 7.59. The Morgan fingerprint density at radius 2 is 2.06 bits per heavy atom. The van der Waals surface area contributed by atoms with Gasteiger partial charge in [-0.1, -0.05) is 12.1 Å². The Kier molecular flexibility index (Phi) is 2.87. The number of halogens is 2. The Bertz CT molecular complexity index is 496. The third kappa shape index (κ3) is 1.90. The summed E-state index contributed by atoms with van der Waals surface area (Å²) in [7, 11) is 1.75. The molecule has 16 heavy (non-hydrogen) atoms. The molecule has 1 aromatic carbocycles. The van der Waals surface area contributed by atoms with Crippen LogP contribution in [0.5, 0.6) is 0 Å². The lowest BCUT2D eigenvalue weighted by Crippen LogP contribution is -2.21. The summed E-state index contributed by atoms with van der Waals surface area (Å²) in [6.07, 6.45) is -4.53. The molecule has 1 N–H and O–H groups in total. The molecular weight excluding hydrogens is 214 g/mol. The molecule has 1 atom stereocenters. The van der Waals surface area contributed by atoms with Crippen LogP contribution in [0.2, 0.25) is 0 Å². The van der Waals surface area contributed by atoms with E-state index in [-0.39, 0.29) is 6.42 Å². The highest BCUT2D eigenvalue weighted by molar-refractivity contribution is 5.75. The number of nitrogens with zero attached hydrogens (tertiary/aromatic N) is 2. The highest BCUT2D eigenvalue weighted by Crippen LogP contribution is 2.16. The topological polar surface area (TPSA) is 38.0 Å². The molecule has 0 bridgehead atoms. The molecule has 1 heterocycles. The van der Waals surface area contributed by atoms with Crippen LogP contribution >= 0.6 is 0 Å². The van der Waals surface area contributed by atoms with E-state index in [1.165, 1.54) is 0 Å². The second kappa shape index (κ2) is 4.17. The molecule has 2 rings (SSSR count). The summed E-state index contributed by atoms with van der Waals surface area (Å²) < 4.78 is 26.2. The maximum Gasteiger partial charge on any atom is 0.264 e. The molecule has 1 unspecified atom stereocenters. The van der Waals surface area contributed by atoms with Gasteiger partial charge in [-0.15, -0.1) is 0 Å². The van der Waals surface area contributed by atoms with Crippen LogP contribution in [0.4, 0.5) is 8.78 Å². The first-order valence-electron chi connectivity index (χ1n) is 4.96. The number of imidazole rings is 1. The number of rotatable bonds is 3. The summed E-state index contributed by atoms with van der Waals surface area (Å²) in [4.78, 5) is 4.20. The van der Waals surface area contributed by atoms with Gasteiger partial charge in [0.1, 0.15) is 11.9 Å². The molecular formula is C11H12F2N2O. The summed E-state index contributed by atoms with van der Waals surface area (Å²) in [5.74, 6) is 0.467. The van der Waals surface area contributed by atoms with Gasteiger partial charge in [0.05, 0.1) is 11.0 Å². The Hall–Kier alpha value is -1.49. The SMILES string of the molecule is Cn1c(CC(O)C(F)F)nc2ccccc21. The van der Waals surface area contributed by atoms with Gasteiger partial charge in [0, 0.05) is 13.5 Å². The summed E-state index contributed by atoms with van der Waals surface area (Å²) in [5, 5.41) is 9.13. The smallest absolute Gasteiger partial charge is 0.264 e. The second-order valence-corrected chi connectivity index (χ2v) is 3.68. The molecule has 86 valence electrons. The number of alkyl halides is 2. The minimum absolute atomic E-state index is 0.136. The Balaban J connectivity index is 2.35. The van der Waals surface area contributed by atoms with Crippen molar-refractivity contribution in [2.24, 2.45) is 7.05 Å². The number of aromatic nitrogens is 2. The van der Waals surface area contributed by atoms with Crippen LogP contribution in [0, 0.1) is 0 Å². The highest BCUT2D eigenvalue weighted by atomic mass is 19.3. The molecule has 0 aliphatic rings. The average Bonchev–Trinajstić information content (AvgIpc) is 2.56. The van der Waals surface area contributed by atoms with Crippen molar-refractivity contribution >= 4 is 11.0 Å². The van der Waals surface area contributed by atoms with E-state index < -0.39 is 12.5 Å². The number of benzene rings is 1. The number of aliphatic hydroxyl groups is 1.